The van der Waals surface area contributed by atoms with Gasteiger partial charge in [0.2, 0.25) is 0 Å². The van der Waals surface area contributed by atoms with Crippen LogP contribution < -0.4 is 15.0 Å². The van der Waals surface area contributed by atoms with Crippen LogP contribution in [0, 0.1) is 0 Å². The first-order valence-corrected chi connectivity index (χ1v) is 10.7. The van der Waals surface area contributed by atoms with Gasteiger partial charge in [-0.25, -0.2) is 0 Å². The first kappa shape index (κ1) is 21.5. The van der Waals surface area contributed by atoms with E-state index in [1.807, 2.05) is 37.3 Å². The number of piperazine rings is 1. The number of nitrogens with zero attached hydrogens (tertiary/aromatic N) is 2. The van der Waals surface area contributed by atoms with E-state index in [9.17, 15) is 4.79 Å². The van der Waals surface area contributed by atoms with Crippen LogP contribution in [-0.4, -0.2) is 49.6 Å². The van der Waals surface area contributed by atoms with Crippen LogP contribution in [-0.2, 0) is 0 Å². The minimum Gasteiger partial charge on any atom is -0.491 e. The second-order valence-electron chi connectivity index (χ2n) is 7.37. The highest BCUT2D eigenvalue weighted by atomic mass is 35.5. The molecule has 1 aliphatic heterocycles. The third-order valence-electron chi connectivity index (χ3n) is 5.40. The summed E-state index contributed by atoms with van der Waals surface area (Å²) in [5, 5.41) is 3.70. The van der Waals surface area contributed by atoms with E-state index >= 15 is 0 Å². The van der Waals surface area contributed by atoms with E-state index in [4.69, 9.17) is 16.3 Å². The van der Waals surface area contributed by atoms with Crippen molar-refractivity contribution >= 4 is 28.9 Å². The van der Waals surface area contributed by atoms with Crippen molar-refractivity contribution in [2.24, 2.45) is 0 Å². The number of hydrogen-bond donors (Lipinski definition) is 1. The molecule has 1 N–H and O–H groups in total. The van der Waals surface area contributed by atoms with Gasteiger partial charge >= 0.3 is 0 Å². The third kappa shape index (κ3) is 5.43. The molecule has 0 aliphatic carbocycles. The largest absolute Gasteiger partial charge is 0.491 e. The van der Waals surface area contributed by atoms with Crippen molar-refractivity contribution < 1.29 is 9.53 Å². The summed E-state index contributed by atoms with van der Waals surface area (Å²) in [5.74, 6) is 0.615. The highest BCUT2D eigenvalue weighted by molar-refractivity contribution is 6.34. The molecule has 1 amide bonds. The zero-order chi connectivity index (χ0) is 20.8. The first-order chi connectivity index (χ1) is 14.0. The molecule has 0 aromatic heterocycles. The fraction of sp³-hybridized carbons (Fsp3) is 0.435. The minimum atomic E-state index is -0.157. The van der Waals surface area contributed by atoms with Gasteiger partial charge in [-0.05, 0) is 56.3 Å². The van der Waals surface area contributed by atoms with E-state index in [1.54, 1.807) is 12.1 Å². The first-order valence-electron chi connectivity index (χ1n) is 10.4. The number of benzene rings is 2. The van der Waals surface area contributed by atoms with Crippen LogP contribution in [0.25, 0.3) is 0 Å². The SMILES string of the molecule is CCC(C)Oc1ccc(C(=O)Nc2cccc(Cl)c2N2CCN(CC)CC2)cc1. The quantitative estimate of drug-likeness (QED) is 0.697. The summed E-state index contributed by atoms with van der Waals surface area (Å²) in [6, 6.07) is 12.9. The van der Waals surface area contributed by atoms with Crippen LogP contribution in [0.3, 0.4) is 0 Å². The van der Waals surface area contributed by atoms with Crippen molar-refractivity contribution in [2.75, 3.05) is 42.9 Å². The van der Waals surface area contributed by atoms with E-state index in [2.05, 4.69) is 29.0 Å². The van der Waals surface area contributed by atoms with Crippen LogP contribution >= 0.6 is 11.6 Å². The highest BCUT2D eigenvalue weighted by Crippen LogP contribution is 2.35. The van der Waals surface area contributed by atoms with E-state index < -0.39 is 0 Å². The number of para-hydroxylation sites is 1. The number of likely N-dealkylation sites (N-methyl/N-ethyl adjacent to an activating group) is 1. The Hall–Kier alpha value is -2.24. The Bertz CT molecular complexity index is 817. The molecule has 2 aromatic carbocycles. The summed E-state index contributed by atoms with van der Waals surface area (Å²) in [6.45, 7) is 11.1. The van der Waals surface area contributed by atoms with Gasteiger partial charge in [-0.15, -0.1) is 0 Å². The van der Waals surface area contributed by atoms with Gasteiger partial charge in [0.1, 0.15) is 5.75 Å². The van der Waals surface area contributed by atoms with Gasteiger partial charge in [0.25, 0.3) is 5.91 Å². The lowest BCUT2D eigenvalue weighted by atomic mass is 10.1. The molecule has 6 heteroatoms. The monoisotopic (exact) mass is 415 g/mol. The average molecular weight is 416 g/mol. The standard InChI is InChI=1S/C23H30ClN3O2/c1-4-17(3)29-19-11-9-18(10-12-19)23(28)25-21-8-6-7-20(24)22(21)27-15-13-26(5-2)14-16-27/h6-12,17H,4-5,13-16H2,1-3H3,(H,25,28). The topological polar surface area (TPSA) is 44.8 Å². The van der Waals surface area contributed by atoms with Gasteiger partial charge in [-0.2, -0.15) is 0 Å². The molecule has 1 saturated heterocycles. The highest BCUT2D eigenvalue weighted by Gasteiger charge is 2.21. The van der Waals surface area contributed by atoms with E-state index in [1.165, 1.54) is 0 Å². The lowest BCUT2D eigenvalue weighted by Gasteiger charge is -2.36. The van der Waals surface area contributed by atoms with Crippen molar-refractivity contribution in [1.82, 2.24) is 4.90 Å². The molecule has 0 bridgehead atoms. The maximum atomic E-state index is 12.8. The number of hydrogen-bond acceptors (Lipinski definition) is 4. The number of halogens is 1. The van der Waals surface area contributed by atoms with Gasteiger partial charge in [0.05, 0.1) is 22.5 Å². The second-order valence-corrected chi connectivity index (χ2v) is 7.78. The lowest BCUT2D eigenvalue weighted by molar-refractivity contribution is 0.102. The van der Waals surface area contributed by atoms with E-state index in [-0.39, 0.29) is 12.0 Å². The fourth-order valence-electron chi connectivity index (χ4n) is 3.42. The van der Waals surface area contributed by atoms with Crippen molar-refractivity contribution in [2.45, 2.75) is 33.3 Å². The number of nitrogens with one attached hydrogen (secondary N) is 1. The molecule has 1 heterocycles. The van der Waals surface area contributed by atoms with Crippen LogP contribution in [0.4, 0.5) is 11.4 Å². The molecule has 0 spiro atoms. The summed E-state index contributed by atoms with van der Waals surface area (Å²) in [4.78, 5) is 17.5. The summed E-state index contributed by atoms with van der Waals surface area (Å²) >= 11 is 6.52. The van der Waals surface area contributed by atoms with Crippen molar-refractivity contribution in [3.63, 3.8) is 0 Å². The predicted octanol–water partition coefficient (Wildman–Crippen LogP) is 4.91. The normalized spacial score (nSPS) is 15.8. The molecule has 29 heavy (non-hydrogen) atoms. The summed E-state index contributed by atoms with van der Waals surface area (Å²) in [7, 11) is 0. The van der Waals surface area contributed by atoms with Gasteiger partial charge in [0.15, 0.2) is 0 Å². The number of amides is 1. The lowest BCUT2D eigenvalue weighted by Crippen LogP contribution is -2.46. The maximum absolute atomic E-state index is 12.8. The second kappa shape index (κ2) is 9.99. The van der Waals surface area contributed by atoms with Gasteiger partial charge in [0, 0.05) is 31.7 Å². The molecule has 5 nitrogen and oxygen atoms in total. The van der Waals surface area contributed by atoms with Crippen molar-refractivity contribution in [3.8, 4) is 5.75 Å². The Morgan fingerprint density at radius 1 is 1.10 bits per heavy atom. The van der Waals surface area contributed by atoms with Gasteiger partial charge < -0.3 is 19.9 Å². The van der Waals surface area contributed by atoms with Crippen molar-refractivity contribution in [3.05, 3.63) is 53.1 Å². The molecular weight excluding hydrogens is 386 g/mol. The summed E-state index contributed by atoms with van der Waals surface area (Å²) < 4.78 is 5.79. The molecule has 1 fully saturated rings. The Balaban J connectivity index is 1.73. The van der Waals surface area contributed by atoms with Crippen molar-refractivity contribution in [1.29, 1.82) is 0 Å². The molecular formula is C23H30ClN3O2. The zero-order valence-electron chi connectivity index (χ0n) is 17.5. The fourth-order valence-corrected chi connectivity index (χ4v) is 3.71. The molecule has 0 radical (unpaired) electrons. The number of carbonyl (C=O) groups is 1. The molecule has 1 aliphatic rings. The Labute approximate surface area is 178 Å². The van der Waals surface area contributed by atoms with Crippen LogP contribution in [0.15, 0.2) is 42.5 Å². The minimum absolute atomic E-state index is 0.150. The van der Waals surface area contributed by atoms with Crippen LogP contribution in [0.2, 0.25) is 5.02 Å². The van der Waals surface area contributed by atoms with Crippen LogP contribution in [0.1, 0.15) is 37.6 Å². The number of ether oxygens (including phenoxy) is 1. The van der Waals surface area contributed by atoms with E-state index in [0.717, 1.165) is 56.3 Å². The van der Waals surface area contributed by atoms with E-state index in [0.29, 0.717) is 10.6 Å². The number of carbonyl (C=O) groups excluding carboxylic acids is 1. The number of rotatable bonds is 7. The molecule has 1 unspecified atom stereocenters. The van der Waals surface area contributed by atoms with Crippen LogP contribution in [0.5, 0.6) is 5.75 Å². The Morgan fingerprint density at radius 2 is 1.79 bits per heavy atom. The molecule has 0 saturated carbocycles. The Morgan fingerprint density at radius 3 is 2.41 bits per heavy atom. The molecule has 156 valence electrons. The zero-order valence-corrected chi connectivity index (χ0v) is 18.2. The summed E-state index contributed by atoms with van der Waals surface area (Å²) in [6.07, 6.45) is 1.09. The molecule has 3 rings (SSSR count). The average Bonchev–Trinajstić information content (AvgIpc) is 2.74. The number of anilines is 2. The molecule has 1 atom stereocenters. The Kier molecular flexibility index (Phi) is 7.40. The third-order valence-corrected chi connectivity index (χ3v) is 5.70. The van der Waals surface area contributed by atoms with Gasteiger partial charge in [-0.1, -0.05) is 31.5 Å². The molecule has 2 aromatic rings. The predicted molar refractivity (Wildman–Crippen MR) is 121 cm³/mol. The smallest absolute Gasteiger partial charge is 0.255 e. The van der Waals surface area contributed by atoms with Gasteiger partial charge in [-0.3, -0.25) is 4.79 Å². The summed E-state index contributed by atoms with van der Waals surface area (Å²) in [5.41, 5.74) is 2.23. The maximum Gasteiger partial charge on any atom is 0.255 e.